The van der Waals surface area contributed by atoms with Crippen molar-refractivity contribution >= 4 is 5.71 Å². The van der Waals surface area contributed by atoms with Gasteiger partial charge in [-0.15, -0.1) is 0 Å². The van der Waals surface area contributed by atoms with Crippen molar-refractivity contribution in [3.8, 4) is 0 Å². The van der Waals surface area contributed by atoms with Crippen LogP contribution in [0.3, 0.4) is 0 Å². The monoisotopic (exact) mass is 102 g/mol. The molecule has 0 spiro atoms. The highest BCUT2D eigenvalue weighted by molar-refractivity contribution is 5.83. The quantitative estimate of drug-likeness (QED) is 0.349. The topological polar surface area (TPSA) is 56.1 Å². The fraction of sp³-hybridized carbons (Fsp3) is 0.750. The molecule has 0 aliphatic heterocycles. The third-order valence-electron chi connectivity index (χ3n) is 0.843. The van der Waals surface area contributed by atoms with Crippen LogP contribution in [-0.2, 0) is 0 Å². The molecular formula is C4H10N2O. The first-order chi connectivity index (χ1) is 3.18. The van der Waals surface area contributed by atoms with Gasteiger partial charge in [0.15, 0.2) is 0 Å². The van der Waals surface area contributed by atoms with Crippen molar-refractivity contribution in [3.05, 3.63) is 0 Å². The molecule has 0 heterocycles. The number of hydrogen-bond acceptors (Lipinski definition) is 3. The molecule has 1 unspecified atom stereocenters. The maximum absolute atomic E-state index is 8.11. The predicted octanol–water partition coefficient (Wildman–Crippen LogP) is 0.393. The van der Waals surface area contributed by atoms with E-state index in [1.807, 2.05) is 5.48 Å². The second-order valence-corrected chi connectivity index (χ2v) is 1.53. The first-order valence-corrected chi connectivity index (χ1v) is 2.13. The molecule has 42 valence electrons. The first kappa shape index (κ1) is 6.59. The number of hydrogen-bond donors (Lipinski definition) is 3. The molecule has 7 heavy (non-hydrogen) atoms. The third kappa shape index (κ3) is 2.31. The lowest BCUT2D eigenvalue weighted by Gasteiger charge is -2.03. The Kier molecular flexibility index (Phi) is 2.55. The van der Waals surface area contributed by atoms with Crippen LogP contribution in [0.25, 0.3) is 0 Å². The summed E-state index contributed by atoms with van der Waals surface area (Å²) in [5.41, 5.74) is 2.37. The zero-order valence-electron chi connectivity index (χ0n) is 4.52. The maximum Gasteiger partial charge on any atom is 0.0663 e. The highest BCUT2D eigenvalue weighted by Gasteiger charge is 1.97. The number of rotatable bonds is 2. The molecule has 0 aromatic heterocycles. The molecule has 0 bridgehead atoms. The van der Waals surface area contributed by atoms with Gasteiger partial charge < -0.3 is 10.6 Å². The van der Waals surface area contributed by atoms with Crippen LogP contribution >= 0.6 is 0 Å². The second-order valence-electron chi connectivity index (χ2n) is 1.53. The smallest absolute Gasteiger partial charge is 0.0663 e. The minimum atomic E-state index is -0.208. The maximum atomic E-state index is 8.11. The summed E-state index contributed by atoms with van der Waals surface area (Å²) in [5.74, 6) is 0. The molecule has 0 saturated heterocycles. The van der Waals surface area contributed by atoms with E-state index in [1.165, 1.54) is 0 Å². The van der Waals surface area contributed by atoms with Gasteiger partial charge in [0, 0.05) is 5.71 Å². The molecule has 0 aromatic carbocycles. The van der Waals surface area contributed by atoms with Gasteiger partial charge in [0.05, 0.1) is 6.04 Å². The summed E-state index contributed by atoms with van der Waals surface area (Å²) in [4.78, 5) is 0. The van der Waals surface area contributed by atoms with Crippen molar-refractivity contribution in [2.24, 2.45) is 0 Å². The highest BCUT2D eigenvalue weighted by Crippen LogP contribution is 1.78. The van der Waals surface area contributed by atoms with Crippen LogP contribution in [0, 0.1) is 5.41 Å². The summed E-state index contributed by atoms with van der Waals surface area (Å²) in [7, 11) is 0. The van der Waals surface area contributed by atoms with Crippen molar-refractivity contribution < 1.29 is 5.21 Å². The Bertz CT molecular complexity index is 72.1. The van der Waals surface area contributed by atoms with Gasteiger partial charge in [-0.2, -0.15) is 5.48 Å². The molecule has 3 nitrogen and oxygen atoms in total. The zero-order valence-corrected chi connectivity index (χ0v) is 4.52. The average molecular weight is 102 g/mol. The van der Waals surface area contributed by atoms with Crippen molar-refractivity contribution in [1.82, 2.24) is 5.48 Å². The summed E-state index contributed by atoms with van der Waals surface area (Å²) in [6.45, 7) is 3.34. The van der Waals surface area contributed by atoms with Gasteiger partial charge in [0.25, 0.3) is 0 Å². The van der Waals surface area contributed by atoms with Crippen molar-refractivity contribution in [2.75, 3.05) is 0 Å². The Balaban J connectivity index is 3.34. The summed E-state index contributed by atoms with van der Waals surface area (Å²) >= 11 is 0. The fourth-order valence-electron chi connectivity index (χ4n) is 0.0968. The van der Waals surface area contributed by atoms with Gasteiger partial charge >= 0.3 is 0 Å². The normalized spacial score (nSPS) is 13.6. The lowest BCUT2D eigenvalue weighted by Crippen LogP contribution is -2.28. The van der Waals surface area contributed by atoms with Gasteiger partial charge in [0.1, 0.15) is 0 Å². The van der Waals surface area contributed by atoms with Crippen LogP contribution in [0.2, 0.25) is 0 Å². The van der Waals surface area contributed by atoms with Crippen LogP contribution in [0.4, 0.5) is 0 Å². The van der Waals surface area contributed by atoms with Crippen LogP contribution < -0.4 is 5.48 Å². The van der Waals surface area contributed by atoms with Gasteiger partial charge in [-0.1, -0.05) is 0 Å². The average Bonchev–Trinajstić information content (AvgIpc) is 1.65. The summed E-state index contributed by atoms with van der Waals surface area (Å²) < 4.78 is 0. The summed E-state index contributed by atoms with van der Waals surface area (Å²) in [6, 6.07) is -0.208. The van der Waals surface area contributed by atoms with E-state index in [0.717, 1.165) is 0 Å². The van der Waals surface area contributed by atoms with Crippen LogP contribution in [0.5, 0.6) is 0 Å². The van der Waals surface area contributed by atoms with Crippen molar-refractivity contribution in [1.29, 1.82) is 5.41 Å². The molecule has 0 aromatic rings. The van der Waals surface area contributed by atoms with E-state index in [2.05, 4.69) is 0 Å². The van der Waals surface area contributed by atoms with Gasteiger partial charge in [-0.3, -0.25) is 0 Å². The molecular weight excluding hydrogens is 92.1 g/mol. The molecule has 3 heteroatoms. The first-order valence-electron chi connectivity index (χ1n) is 2.13. The largest absolute Gasteiger partial charge is 0.316 e. The molecule has 3 N–H and O–H groups in total. The Morgan fingerprint density at radius 1 is 1.86 bits per heavy atom. The predicted molar refractivity (Wildman–Crippen MR) is 27.8 cm³/mol. The Labute approximate surface area is 42.8 Å². The second kappa shape index (κ2) is 2.71. The molecule has 0 amide bonds. The van der Waals surface area contributed by atoms with Gasteiger partial charge in [-0.05, 0) is 13.8 Å². The SMILES string of the molecule is CC(=N)C(C)NO. The van der Waals surface area contributed by atoms with Gasteiger partial charge in [-0.25, -0.2) is 0 Å². The van der Waals surface area contributed by atoms with Crippen molar-refractivity contribution in [3.63, 3.8) is 0 Å². The van der Waals surface area contributed by atoms with Crippen LogP contribution in [0.15, 0.2) is 0 Å². The fourth-order valence-corrected chi connectivity index (χ4v) is 0.0968. The molecule has 0 saturated carbocycles. The van der Waals surface area contributed by atoms with E-state index in [0.29, 0.717) is 5.71 Å². The zero-order chi connectivity index (χ0) is 5.86. The Morgan fingerprint density at radius 2 is 2.29 bits per heavy atom. The minimum absolute atomic E-state index is 0.208. The highest BCUT2D eigenvalue weighted by atomic mass is 16.5. The Hall–Kier alpha value is -0.410. The summed E-state index contributed by atoms with van der Waals surface area (Å²) in [5, 5.41) is 15.0. The van der Waals surface area contributed by atoms with Gasteiger partial charge in [0.2, 0.25) is 0 Å². The molecule has 0 fully saturated rings. The third-order valence-corrected chi connectivity index (χ3v) is 0.843. The number of hydroxylamine groups is 1. The van der Waals surface area contributed by atoms with Crippen LogP contribution in [0.1, 0.15) is 13.8 Å². The van der Waals surface area contributed by atoms with E-state index in [9.17, 15) is 0 Å². The Morgan fingerprint density at radius 3 is 2.29 bits per heavy atom. The van der Waals surface area contributed by atoms with E-state index in [4.69, 9.17) is 10.6 Å². The molecule has 0 radical (unpaired) electrons. The van der Waals surface area contributed by atoms with E-state index in [-0.39, 0.29) is 6.04 Å². The van der Waals surface area contributed by atoms with E-state index < -0.39 is 0 Å². The summed E-state index contributed by atoms with van der Waals surface area (Å²) in [6.07, 6.45) is 0. The van der Waals surface area contributed by atoms with E-state index in [1.54, 1.807) is 13.8 Å². The van der Waals surface area contributed by atoms with Crippen molar-refractivity contribution in [2.45, 2.75) is 19.9 Å². The molecule has 0 aliphatic rings. The lowest BCUT2D eigenvalue weighted by molar-refractivity contribution is 0.155. The number of nitrogens with one attached hydrogen (secondary N) is 2. The molecule has 0 rings (SSSR count). The standard InChI is InChI=1S/C4H10N2O/c1-3(5)4(2)6-7/h4-7H,1-2H3. The van der Waals surface area contributed by atoms with E-state index >= 15 is 0 Å². The molecule has 1 atom stereocenters. The minimum Gasteiger partial charge on any atom is -0.316 e. The van der Waals surface area contributed by atoms with Crippen LogP contribution in [-0.4, -0.2) is 17.0 Å². The molecule has 0 aliphatic carbocycles. The lowest BCUT2D eigenvalue weighted by atomic mass is 10.2.